The van der Waals surface area contributed by atoms with E-state index >= 15 is 0 Å². The van der Waals surface area contributed by atoms with E-state index in [-0.39, 0.29) is 0 Å². The molecule has 20 heavy (non-hydrogen) atoms. The maximum Gasteiger partial charge on any atom is 0.178 e. The van der Waals surface area contributed by atoms with E-state index in [1.54, 1.807) is 18.2 Å². The van der Waals surface area contributed by atoms with E-state index in [0.29, 0.717) is 16.8 Å². The van der Waals surface area contributed by atoms with Crippen molar-refractivity contribution < 1.29 is 0 Å². The molecule has 0 unspecified atom stereocenters. The summed E-state index contributed by atoms with van der Waals surface area (Å²) in [5.41, 5.74) is 7.70. The highest BCUT2D eigenvalue weighted by atomic mass is 79.9. The molecule has 2 N–H and O–H groups in total. The van der Waals surface area contributed by atoms with Crippen molar-refractivity contribution in [3.63, 3.8) is 0 Å². The van der Waals surface area contributed by atoms with Gasteiger partial charge in [-0.1, -0.05) is 39.7 Å². The second-order valence-corrected chi connectivity index (χ2v) is 5.39. The highest BCUT2D eigenvalue weighted by molar-refractivity contribution is 9.10. The van der Waals surface area contributed by atoms with Gasteiger partial charge in [0.15, 0.2) is 11.0 Å². The van der Waals surface area contributed by atoms with Crippen LogP contribution in [0.4, 0.5) is 5.82 Å². The SMILES string of the molecule is Nc1cc(-c2cccc(Br)c2)nn1-c1ccc(Cl)nn1. The van der Waals surface area contributed by atoms with Gasteiger partial charge in [-0.25, -0.2) is 0 Å². The van der Waals surface area contributed by atoms with Crippen LogP contribution in [0.5, 0.6) is 0 Å². The molecule has 2 aromatic heterocycles. The number of aromatic nitrogens is 4. The fourth-order valence-electron chi connectivity index (χ4n) is 1.79. The number of nitrogens with two attached hydrogens (primary N) is 1. The minimum absolute atomic E-state index is 0.326. The van der Waals surface area contributed by atoms with Gasteiger partial charge >= 0.3 is 0 Å². The molecule has 0 amide bonds. The van der Waals surface area contributed by atoms with Crippen LogP contribution < -0.4 is 5.73 Å². The van der Waals surface area contributed by atoms with Crippen LogP contribution in [-0.4, -0.2) is 20.0 Å². The zero-order valence-corrected chi connectivity index (χ0v) is 12.5. The Morgan fingerprint density at radius 2 is 1.95 bits per heavy atom. The molecule has 0 radical (unpaired) electrons. The lowest BCUT2D eigenvalue weighted by molar-refractivity contribution is 0.825. The monoisotopic (exact) mass is 349 g/mol. The van der Waals surface area contributed by atoms with Crippen molar-refractivity contribution in [2.75, 3.05) is 5.73 Å². The second kappa shape index (κ2) is 5.22. The Morgan fingerprint density at radius 1 is 1.10 bits per heavy atom. The molecule has 0 atom stereocenters. The van der Waals surface area contributed by atoms with Crippen molar-refractivity contribution in [3.8, 4) is 17.1 Å². The van der Waals surface area contributed by atoms with Gasteiger partial charge in [0.05, 0.1) is 5.69 Å². The van der Waals surface area contributed by atoms with Gasteiger partial charge in [0.1, 0.15) is 5.82 Å². The van der Waals surface area contributed by atoms with Crippen LogP contribution in [0, 0.1) is 0 Å². The Balaban J connectivity index is 2.05. The minimum atomic E-state index is 0.326. The summed E-state index contributed by atoms with van der Waals surface area (Å²) in [6.07, 6.45) is 0. The molecule has 0 aliphatic carbocycles. The molecule has 3 aromatic rings. The zero-order chi connectivity index (χ0) is 14.1. The van der Waals surface area contributed by atoms with E-state index < -0.39 is 0 Å². The predicted molar refractivity (Wildman–Crippen MR) is 81.7 cm³/mol. The molecular weight excluding hydrogens is 342 g/mol. The third-order valence-corrected chi connectivity index (χ3v) is 3.39. The van der Waals surface area contributed by atoms with Crippen molar-refractivity contribution >= 4 is 33.3 Å². The van der Waals surface area contributed by atoms with E-state index in [0.717, 1.165) is 15.7 Å². The molecule has 0 spiro atoms. The molecule has 0 saturated carbocycles. The summed E-state index contributed by atoms with van der Waals surface area (Å²) in [4.78, 5) is 0. The van der Waals surface area contributed by atoms with E-state index in [4.69, 9.17) is 17.3 Å². The van der Waals surface area contributed by atoms with E-state index in [2.05, 4.69) is 31.2 Å². The highest BCUT2D eigenvalue weighted by Gasteiger charge is 2.10. The number of hydrogen-bond donors (Lipinski definition) is 1. The Kier molecular flexibility index (Phi) is 3.42. The van der Waals surface area contributed by atoms with E-state index in [1.165, 1.54) is 4.68 Å². The molecule has 0 aliphatic heterocycles. The number of halogens is 2. The number of hydrogen-bond acceptors (Lipinski definition) is 4. The molecule has 0 aliphatic rings. The van der Waals surface area contributed by atoms with E-state index in [9.17, 15) is 0 Å². The molecule has 0 fully saturated rings. The molecule has 7 heteroatoms. The normalized spacial score (nSPS) is 10.7. The first-order chi connectivity index (χ1) is 9.63. The molecule has 5 nitrogen and oxygen atoms in total. The number of nitrogen functional groups attached to an aromatic ring is 1. The van der Waals surface area contributed by atoms with Gasteiger partial charge < -0.3 is 5.73 Å². The molecule has 2 heterocycles. The number of anilines is 1. The molecular formula is C13H9BrClN5. The first-order valence-corrected chi connectivity index (χ1v) is 6.92. The van der Waals surface area contributed by atoms with Crippen LogP contribution in [-0.2, 0) is 0 Å². The molecule has 3 rings (SSSR count). The first kappa shape index (κ1) is 13.1. The minimum Gasteiger partial charge on any atom is -0.384 e. The fraction of sp³-hybridized carbons (Fsp3) is 0. The van der Waals surface area contributed by atoms with Gasteiger partial charge in [0, 0.05) is 16.1 Å². The summed E-state index contributed by atoms with van der Waals surface area (Å²) >= 11 is 9.15. The van der Waals surface area contributed by atoms with Crippen LogP contribution in [0.2, 0.25) is 5.15 Å². The lowest BCUT2D eigenvalue weighted by Gasteiger charge is -2.01. The van der Waals surface area contributed by atoms with Crippen molar-refractivity contribution in [3.05, 3.63) is 52.1 Å². The maximum absolute atomic E-state index is 5.97. The lowest BCUT2D eigenvalue weighted by Crippen LogP contribution is -2.04. The van der Waals surface area contributed by atoms with Gasteiger partial charge in [0.25, 0.3) is 0 Å². The largest absolute Gasteiger partial charge is 0.384 e. The molecule has 0 bridgehead atoms. The first-order valence-electron chi connectivity index (χ1n) is 5.74. The summed E-state index contributed by atoms with van der Waals surface area (Å²) in [6, 6.07) is 13.0. The smallest absolute Gasteiger partial charge is 0.178 e. The van der Waals surface area contributed by atoms with Gasteiger partial charge in [-0.2, -0.15) is 9.78 Å². The van der Waals surface area contributed by atoms with Crippen molar-refractivity contribution in [1.82, 2.24) is 20.0 Å². The Morgan fingerprint density at radius 3 is 2.65 bits per heavy atom. The number of nitrogens with zero attached hydrogens (tertiary/aromatic N) is 4. The predicted octanol–water partition coefficient (Wildman–Crippen LogP) is 3.33. The van der Waals surface area contributed by atoms with Crippen molar-refractivity contribution in [1.29, 1.82) is 0 Å². The van der Waals surface area contributed by atoms with Crippen molar-refractivity contribution in [2.45, 2.75) is 0 Å². The quantitative estimate of drug-likeness (QED) is 0.769. The van der Waals surface area contributed by atoms with Crippen LogP contribution >= 0.6 is 27.5 Å². The van der Waals surface area contributed by atoms with Gasteiger partial charge in [-0.3, -0.25) is 0 Å². The number of benzene rings is 1. The summed E-state index contributed by atoms with van der Waals surface area (Å²) in [5.74, 6) is 1.00. The zero-order valence-electron chi connectivity index (χ0n) is 10.2. The van der Waals surface area contributed by atoms with Crippen LogP contribution in [0.25, 0.3) is 17.1 Å². The summed E-state index contributed by atoms with van der Waals surface area (Å²) in [6.45, 7) is 0. The van der Waals surface area contributed by atoms with Gasteiger partial charge in [-0.15, -0.1) is 10.2 Å². The van der Waals surface area contributed by atoms with Crippen LogP contribution in [0.15, 0.2) is 46.9 Å². The molecule has 0 saturated heterocycles. The van der Waals surface area contributed by atoms with Gasteiger partial charge in [-0.05, 0) is 24.3 Å². The van der Waals surface area contributed by atoms with Crippen molar-refractivity contribution in [2.24, 2.45) is 0 Å². The average molecular weight is 351 g/mol. The standard InChI is InChI=1S/C13H9BrClN5/c14-9-3-1-2-8(6-9)10-7-12(16)20(19-10)13-5-4-11(15)17-18-13/h1-7H,16H2. The van der Waals surface area contributed by atoms with Gasteiger partial charge in [0.2, 0.25) is 0 Å². The number of rotatable bonds is 2. The fourth-order valence-corrected chi connectivity index (χ4v) is 2.29. The summed E-state index contributed by atoms with van der Waals surface area (Å²) in [7, 11) is 0. The molecule has 1 aromatic carbocycles. The van der Waals surface area contributed by atoms with Crippen LogP contribution in [0.3, 0.4) is 0 Å². The third kappa shape index (κ3) is 2.52. The third-order valence-electron chi connectivity index (χ3n) is 2.69. The Bertz CT molecular complexity index is 754. The topological polar surface area (TPSA) is 69.6 Å². The van der Waals surface area contributed by atoms with E-state index in [1.807, 2.05) is 24.3 Å². The second-order valence-electron chi connectivity index (χ2n) is 4.09. The molecule has 100 valence electrons. The summed E-state index contributed by atoms with van der Waals surface area (Å²) < 4.78 is 2.51. The maximum atomic E-state index is 5.97. The highest BCUT2D eigenvalue weighted by Crippen LogP contribution is 2.24. The lowest BCUT2D eigenvalue weighted by atomic mass is 10.2. The average Bonchev–Trinajstić information content (AvgIpc) is 2.82. The van der Waals surface area contributed by atoms with Crippen LogP contribution in [0.1, 0.15) is 0 Å². The Labute approximate surface area is 128 Å². The Hall–Kier alpha value is -1.92. The summed E-state index contributed by atoms with van der Waals surface area (Å²) in [5, 5.41) is 12.5.